The fraction of sp³-hybridized carbons (Fsp3) is 0.500. The first kappa shape index (κ1) is 11.5. The zero-order valence-electron chi connectivity index (χ0n) is 9.17. The van der Waals surface area contributed by atoms with E-state index in [-0.39, 0.29) is 6.04 Å². The van der Waals surface area contributed by atoms with Gasteiger partial charge in [-0.2, -0.15) is 0 Å². The van der Waals surface area contributed by atoms with Crippen LogP contribution in [0.1, 0.15) is 18.0 Å². The van der Waals surface area contributed by atoms with Gasteiger partial charge in [-0.05, 0) is 31.2 Å². The summed E-state index contributed by atoms with van der Waals surface area (Å²) in [5.74, 6) is -1.27. The van der Waals surface area contributed by atoms with Gasteiger partial charge in [0.05, 0.1) is 6.61 Å². The van der Waals surface area contributed by atoms with E-state index in [1.165, 1.54) is 12.1 Å². The van der Waals surface area contributed by atoms with Crippen LogP contribution >= 0.6 is 0 Å². The summed E-state index contributed by atoms with van der Waals surface area (Å²) in [6.45, 7) is 1.41. The van der Waals surface area contributed by atoms with Gasteiger partial charge in [-0.1, -0.05) is 6.07 Å². The first-order valence-electron chi connectivity index (χ1n) is 5.42. The topological polar surface area (TPSA) is 21.3 Å². The Bertz CT molecular complexity index is 364. The van der Waals surface area contributed by atoms with Gasteiger partial charge in [-0.3, -0.25) is 0 Å². The molecule has 1 aliphatic heterocycles. The van der Waals surface area contributed by atoms with Crippen LogP contribution in [0.15, 0.2) is 18.2 Å². The molecule has 1 heterocycles. The summed E-state index contributed by atoms with van der Waals surface area (Å²) < 4.78 is 31.3. The average Bonchev–Trinajstić information content (AvgIpc) is 2.78. The van der Waals surface area contributed by atoms with Crippen molar-refractivity contribution in [1.82, 2.24) is 5.32 Å². The molecule has 0 aliphatic carbocycles. The van der Waals surface area contributed by atoms with Gasteiger partial charge in [0.2, 0.25) is 0 Å². The van der Waals surface area contributed by atoms with E-state index in [9.17, 15) is 8.78 Å². The lowest BCUT2D eigenvalue weighted by molar-refractivity contribution is 0.177. The highest BCUT2D eigenvalue weighted by molar-refractivity contribution is 5.22. The summed E-state index contributed by atoms with van der Waals surface area (Å²) in [5.41, 5.74) is 0.775. The lowest BCUT2D eigenvalue weighted by Crippen LogP contribution is -2.25. The number of ether oxygens (including phenoxy) is 1. The standard InChI is InChI=1S/C12H15F2NO/c1-15-12(9-4-5-16-7-9)8-2-3-10(13)11(14)6-8/h2-3,6,9,12,15H,4-5,7H2,1H3. The minimum atomic E-state index is -0.804. The minimum Gasteiger partial charge on any atom is -0.381 e. The highest BCUT2D eigenvalue weighted by Crippen LogP contribution is 2.29. The van der Waals surface area contributed by atoms with E-state index in [1.54, 1.807) is 6.07 Å². The van der Waals surface area contributed by atoms with Crippen LogP contribution in [0.2, 0.25) is 0 Å². The Morgan fingerprint density at radius 1 is 1.38 bits per heavy atom. The summed E-state index contributed by atoms with van der Waals surface area (Å²) in [4.78, 5) is 0. The Hall–Kier alpha value is -1.00. The van der Waals surface area contributed by atoms with E-state index in [1.807, 2.05) is 7.05 Å². The van der Waals surface area contributed by atoms with Gasteiger partial charge in [0, 0.05) is 18.6 Å². The minimum absolute atomic E-state index is 0.0256. The highest BCUT2D eigenvalue weighted by Gasteiger charge is 2.26. The van der Waals surface area contributed by atoms with Gasteiger partial charge in [0.15, 0.2) is 11.6 Å². The molecular formula is C12H15F2NO. The van der Waals surface area contributed by atoms with Crippen LogP contribution in [0.3, 0.4) is 0 Å². The lowest BCUT2D eigenvalue weighted by atomic mass is 9.92. The molecule has 0 spiro atoms. The van der Waals surface area contributed by atoms with E-state index in [4.69, 9.17) is 4.74 Å². The second-order valence-corrected chi connectivity index (χ2v) is 4.06. The average molecular weight is 227 g/mol. The molecule has 88 valence electrons. The molecule has 2 atom stereocenters. The number of hydrogen-bond acceptors (Lipinski definition) is 2. The molecule has 1 N–H and O–H groups in total. The second kappa shape index (κ2) is 4.89. The van der Waals surface area contributed by atoms with Crippen molar-refractivity contribution in [3.8, 4) is 0 Å². The van der Waals surface area contributed by atoms with Crippen molar-refractivity contribution in [3.63, 3.8) is 0 Å². The third-order valence-corrected chi connectivity index (χ3v) is 3.05. The number of nitrogens with one attached hydrogen (secondary N) is 1. The maximum absolute atomic E-state index is 13.1. The Morgan fingerprint density at radius 2 is 2.19 bits per heavy atom. The SMILES string of the molecule is CNC(c1ccc(F)c(F)c1)C1CCOC1. The zero-order valence-corrected chi connectivity index (χ0v) is 9.17. The van der Waals surface area contributed by atoms with Crippen molar-refractivity contribution >= 4 is 0 Å². The summed E-state index contributed by atoms with van der Waals surface area (Å²) in [5, 5.41) is 3.14. The maximum Gasteiger partial charge on any atom is 0.159 e. The Kier molecular flexibility index (Phi) is 3.51. The van der Waals surface area contributed by atoms with Gasteiger partial charge in [-0.15, -0.1) is 0 Å². The second-order valence-electron chi connectivity index (χ2n) is 4.06. The number of halogens is 2. The van der Waals surface area contributed by atoms with E-state index in [0.29, 0.717) is 12.5 Å². The maximum atomic E-state index is 13.1. The van der Waals surface area contributed by atoms with Gasteiger partial charge in [-0.25, -0.2) is 8.78 Å². The van der Waals surface area contributed by atoms with Crippen LogP contribution in [0.5, 0.6) is 0 Å². The molecule has 2 nitrogen and oxygen atoms in total. The molecule has 2 rings (SSSR count). The van der Waals surface area contributed by atoms with Gasteiger partial charge < -0.3 is 10.1 Å². The van der Waals surface area contributed by atoms with E-state index in [2.05, 4.69) is 5.32 Å². The number of rotatable bonds is 3. The van der Waals surface area contributed by atoms with Crippen LogP contribution in [-0.4, -0.2) is 20.3 Å². The molecule has 0 bridgehead atoms. The first-order valence-corrected chi connectivity index (χ1v) is 5.42. The largest absolute Gasteiger partial charge is 0.381 e. The predicted octanol–water partition coefficient (Wildman–Crippen LogP) is 2.26. The first-order chi connectivity index (χ1) is 7.72. The van der Waals surface area contributed by atoms with E-state index >= 15 is 0 Å². The molecule has 1 fully saturated rings. The van der Waals surface area contributed by atoms with Crippen molar-refractivity contribution in [2.24, 2.45) is 5.92 Å². The van der Waals surface area contributed by atoms with Crippen molar-refractivity contribution < 1.29 is 13.5 Å². The Balaban J connectivity index is 2.22. The Labute approximate surface area is 93.6 Å². The summed E-state index contributed by atoms with van der Waals surface area (Å²) in [6.07, 6.45) is 0.949. The molecular weight excluding hydrogens is 212 g/mol. The fourth-order valence-electron chi connectivity index (χ4n) is 2.20. The van der Waals surface area contributed by atoms with Crippen molar-refractivity contribution in [1.29, 1.82) is 0 Å². The summed E-state index contributed by atoms with van der Waals surface area (Å²) in [6, 6.07) is 4.08. The smallest absolute Gasteiger partial charge is 0.159 e. The quantitative estimate of drug-likeness (QED) is 0.855. The third-order valence-electron chi connectivity index (χ3n) is 3.05. The Morgan fingerprint density at radius 3 is 2.75 bits per heavy atom. The molecule has 16 heavy (non-hydrogen) atoms. The van der Waals surface area contributed by atoms with Crippen LogP contribution in [0.25, 0.3) is 0 Å². The van der Waals surface area contributed by atoms with Crippen LogP contribution in [0, 0.1) is 17.6 Å². The molecule has 2 unspecified atom stereocenters. The molecule has 1 aromatic carbocycles. The van der Waals surface area contributed by atoms with E-state index in [0.717, 1.165) is 18.6 Å². The van der Waals surface area contributed by atoms with Crippen LogP contribution < -0.4 is 5.32 Å². The predicted molar refractivity (Wildman–Crippen MR) is 57.1 cm³/mol. The molecule has 0 saturated carbocycles. The van der Waals surface area contributed by atoms with Crippen LogP contribution in [0.4, 0.5) is 8.78 Å². The third kappa shape index (κ3) is 2.23. The van der Waals surface area contributed by atoms with Crippen molar-refractivity contribution in [2.75, 3.05) is 20.3 Å². The van der Waals surface area contributed by atoms with Crippen molar-refractivity contribution in [2.45, 2.75) is 12.5 Å². The van der Waals surface area contributed by atoms with Crippen molar-refractivity contribution in [3.05, 3.63) is 35.4 Å². The molecule has 1 aliphatic rings. The van der Waals surface area contributed by atoms with Crippen LogP contribution in [-0.2, 0) is 4.74 Å². The molecule has 0 radical (unpaired) electrons. The molecule has 0 aromatic heterocycles. The van der Waals surface area contributed by atoms with Gasteiger partial charge >= 0.3 is 0 Å². The number of benzene rings is 1. The molecule has 4 heteroatoms. The monoisotopic (exact) mass is 227 g/mol. The summed E-state index contributed by atoms with van der Waals surface area (Å²) in [7, 11) is 1.82. The van der Waals surface area contributed by atoms with Gasteiger partial charge in [0.1, 0.15) is 0 Å². The zero-order chi connectivity index (χ0) is 11.5. The van der Waals surface area contributed by atoms with Gasteiger partial charge in [0.25, 0.3) is 0 Å². The normalized spacial score (nSPS) is 22.3. The molecule has 1 aromatic rings. The van der Waals surface area contributed by atoms with E-state index < -0.39 is 11.6 Å². The summed E-state index contributed by atoms with van der Waals surface area (Å²) >= 11 is 0. The lowest BCUT2D eigenvalue weighted by Gasteiger charge is -2.22. The number of hydrogen-bond donors (Lipinski definition) is 1. The molecule has 1 saturated heterocycles. The fourth-order valence-corrected chi connectivity index (χ4v) is 2.20. The molecule has 0 amide bonds. The highest BCUT2D eigenvalue weighted by atomic mass is 19.2.